The zero-order chi connectivity index (χ0) is 14.3. The molecule has 0 radical (unpaired) electrons. The van der Waals surface area contributed by atoms with Crippen molar-refractivity contribution in [3.8, 4) is 0 Å². The zero-order valence-electron chi connectivity index (χ0n) is 10.9. The van der Waals surface area contributed by atoms with Gasteiger partial charge in [0, 0.05) is 0 Å². The van der Waals surface area contributed by atoms with Crippen LogP contribution in [0.2, 0.25) is 0 Å². The molecule has 0 unspecified atom stereocenters. The van der Waals surface area contributed by atoms with Crippen LogP contribution < -0.4 is 5.73 Å². The highest BCUT2D eigenvalue weighted by atomic mass is 32.2. The van der Waals surface area contributed by atoms with Crippen LogP contribution in [0.5, 0.6) is 0 Å². The van der Waals surface area contributed by atoms with Gasteiger partial charge in [-0.1, -0.05) is 22.8 Å². The molecule has 0 aliphatic carbocycles. The molecule has 2 aromatic rings. The average Bonchev–Trinajstić information content (AvgIpc) is 2.77. The molecule has 0 fully saturated rings. The van der Waals surface area contributed by atoms with Gasteiger partial charge in [0.15, 0.2) is 9.84 Å². The number of anilines is 1. The molecule has 0 bridgehead atoms. The molecule has 1 heterocycles. The molecular formula is C12H15N3O3S. The molecule has 102 valence electrons. The predicted octanol–water partition coefficient (Wildman–Crippen LogP) is 1.67. The van der Waals surface area contributed by atoms with Crippen LogP contribution >= 0.6 is 0 Å². The highest BCUT2D eigenvalue weighted by Crippen LogP contribution is 2.34. The molecular weight excluding hydrogens is 266 g/mol. The van der Waals surface area contributed by atoms with Crippen molar-refractivity contribution >= 4 is 15.9 Å². The lowest BCUT2D eigenvalue weighted by molar-refractivity contribution is 0.441. The third-order valence-corrected chi connectivity index (χ3v) is 5.37. The zero-order valence-corrected chi connectivity index (χ0v) is 11.7. The molecule has 2 N–H and O–H groups in total. The smallest absolute Gasteiger partial charge is 0.312 e. The van der Waals surface area contributed by atoms with E-state index in [-0.39, 0.29) is 16.8 Å². The molecule has 0 amide bonds. The first-order chi connectivity index (χ1) is 8.75. The predicted molar refractivity (Wildman–Crippen MR) is 70.1 cm³/mol. The van der Waals surface area contributed by atoms with E-state index in [1.807, 2.05) is 6.92 Å². The number of nitrogens with zero attached hydrogens (tertiary/aromatic N) is 2. The molecule has 0 spiro atoms. The molecule has 1 aromatic heterocycles. The number of aromatic nitrogens is 2. The Hall–Kier alpha value is -1.89. The van der Waals surface area contributed by atoms with Gasteiger partial charge in [0.2, 0.25) is 5.89 Å². The molecule has 0 aliphatic rings. The maximum Gasteiger partial charge on any atom is 0.312 e. The lowest BCUT2D eigenvalue weighted by atomic mass is 10.2. The van der Waals surface area contributed by atoms with E-state index < -0.39 is 14.6 Å². The summed E-state index contributed by atoms with van der Waals surface area (Å²) in [6.07, 6.45) is 0. The Morgan fingerprint density at radius 3 is 2.21 bits per heavy atom. The number of aryl methyl sites for hydroxylation is 1. The van der Waals surface area contributed by atoms with Crippen molar-refractivity contribution in [3.63, 3.8) is 0 Å². The number of nitrogens with two attached hydrogens (primary N) is 1. The normalized spacial score (nSPS) is 12.6. The number of rotatable bonds is 3. The maximum atomic E-state index is 12.6. The minimum atomic E-state index is -3.65. The van der Waals surface area contributed by atoms with Crippen molar-refractivity contribution in [2.45, 2.75) is 30.4 Å². The van der Waals surface area contributed by atoms with E-state index in [1.165, 1.54) is 13.8 Å². The van der Waals surface area contributed by atoms with Crippen molar-refractivity contribution in [1.29, 1.82) is 0 Å². The van der Waals surface area contributed by atoms with Crippen molar-refractivity contribution in [3.05, 3.63) is 35.7 Å². The summed E-state index contributed by atoms with van der Waals surface area (Å²) < 4.78 is 28.9. The lowest BCUT2D eigenvalue weighted by Crippen LogP contribution is -2.29. The van der Waals surface area contributed by atoms with Gasteiger partial charge >= 0.3 is 6.01 Å². The van der Waals surface area contributed by atoms with Crippen molar-refractivity contribution in [2.75, 3.05) is 5.73 Å². The van der Waals surface area contributed by atoms with Crippen LogP contribution in [0.15, 0.2) is 33.6 Å². The summed E-state index contributed by atoms with van der Waals surface area (Å²) in [4.78, 5) is 0.208. The van der Waals surface area contributed by atoms with Crippen LogP contribution in [0.4, 0.5) is 6.01 Å². The molecule has 7 heteroatoms. The summed E-state index contributed by atoms with van der Waals surface area (Å²) >= 11 is 0. The summed E-state index contributed by atoms with van der Waals surface area (Å²) in [5.74, 6) is -0.0226. The van der Waals surface area contributed by atoms with Crippen molar-refractivity contribution < 1.29 is 12.8 Å². The van der Waals surface area contributed by atoms with Crippen LogP contribution in [0.1, 0.15) is 25.3 Å². The SMILES string of the molecule is Cc1ccc(S(=O)(=O)C(C)(C)c2nnc(N)o2)cc1. The third kappa shape index (κ3) is 2.21. The van der Waals surface area contributed by atoms with Gasteiger partial charge < -0.3 is 10.2 Å². The second-order valence-corrected chi connectivity index (χ2v) is 7.27. The van der Waals surface area contributed by atoms with Gasteiger partial charge in [0.05, 0.1) is 4.90 Å². The van der Waals surface area contributed by atoms with Gasteiger partial charge in [-0.2, -0.15) is 0 Å². The van der Waals surface area contributed by atoms with E-state index in [1.54, 1.807) is 24.3 Å². The van der Waals surface area contributed by atoms with Gasteiger partial charge in [-0.25, -0.2) is 8.42 Å². The number of sulfone groups is 1. The minimum absolute atomic E-state index is 0.0226. The van der Waals surface area contributed by atoms with E-state index in [0.717, 1.165) is 5.56 Å². The van der Waals surface area contributed by atoms with Gasteiger partial charge in [-0.15, -0.1) is 5.10 Å². The summed E-state index contributed by atoms with van der Waals surface area (Å²) in [6, 6.07) is 6.45. The molecule has 6 nitrogen and oxygen atoms in total. The second kappa shape index (κ2) is 4.34. The molecule has 0 atom stereocenters. The Bertz CT molecular complexity index is 687. The van der Waals surface area contributed by atoms with Crippen molar-refractivity contribution in [2.24, 2.45) is 0 Å². The number of hydrogen-bond donors (Lipinski definition) is 1. The fourth-order valence-electron chi connectivity index (χ4n) is 1.60. The van der Waals surface area contributed by atoms with Gasteiger partial charge in [0.25, 0.3) is 0 Å². The fourth-order valence-corrected chi connectivity index (χ4v) is 3.00. The number of benzene rings is 1. The van der Waals surface area contributed by atoms with Crippen LogP contribution in [0.3, 0.4) is 0 Å². The minimum Gasteiger partial charge on any atom is -0.407 e. The van der Waals surface area contributed by atoms with Crippen LogP contribution in [0.25, 0.3) is 0 Å². The first kappa shape index (κ1) is 13.5. The monoisotopic (exact) mass is 281 g/mol. The average molecular weight is 281 g/mol. The van der Waals surface area contributed by atoms with E-state index in [4.69, 9.17) is 10.2 Å². The van der Waals surface area contributed by atoms with Gasteiger partial charge in [0.1, 0.15) is 4.75 Å². The van der Waals surface area contributed by atoms with Gasteiger partial charge in [-0.05, 0) is 32.9 Å². The first-order valence-electron chi connectivity index (χ1n) is 5.66. The fraction of sp³-hybridized carbons (Fsp3) is 0.333. The number of hydrogen-bond acceptors (Lipinski definition) is 6. The molecule has 19 heavy (non-hydrogen) atoms. The van der Waals surface area contributed by atoms with Crippen LogP contribution in [-0.4, -0.2) is 18.6 Å². The lowest BCUT2D eigenvalue weighted by Gasteiger charge is -2.20. The Labute approximate surface area is 111 Å². The molecule has 1 aromatic carbocycles. The molecule has 0 saturated carbocycles. The quantitative estimate of drug-likeness (QED) is 0.918. The van der Waals surface area contributed by atoms with Crippen LogP contribution in [-0.2, 0) is 14.6 Å². The molecule has 0 saturated heterocycles. The Kier molecular flexibility index (Phi) is 3.09. The summed E-state index contributed by atoms with van der Waals surface area (Å²) in [5.41, 5.74) is 6.33. The summed E-state index contributed by atoms with van der Waals surface area (Å²) in [5, 5.41) is 7.18. The van der Waals surface area contributed by atoms with Gasteiger partial charge in [-0.3, -0.25) is 0 Å². The number of nitrogen functional groups attached to an aromatic ring is 1. The summed E-state index contributed by atoms with van der Waals surface area (Å²) in [7, 11) is -3.65. The first-order valence-corrected chi connectivity index (χ1v) is 7.14. The molecule has 2 rings (SSSR count). The highest BCUT2D eigenvalue weighted by Gasteiger charge is 2.42. The molecule has 0 aliphatic heterocycles. The Morgan fingerprint density at radius 1 is 1.16 bits per heavy atom. The van der Waals surface area contributed by atoms with E-state index in [2.05, 4.69) is 10.2 Å². The highest BCUT2D eigenvalue weighted by molar-refractivity contribution is 7.92. The standard InChI is InChI=1S/C12H15N3O3S/c1-8-4-6-9(7-5-8)19(16,17)12(2,3)10-14-15-11(13)18-10/h4-7H,1-3H3,(H2,13,15). The summed E-state index contributed by atoms with van der Waals surface area (Å²) in [6.45, 7) is 4.91. The Balaban J connectivity index is 2.52. The van der Waals surface area contributed by atoms with Crippen LogP contribution in [0, 0.1) is 6.92 Å². The second-order valence-electron chi connectivity index (χ2n) is 4.77. The largest absolute Gasteiger partial charge is 0.407 e. The van der Waals surface area contributed by atoms with E-state index in [0.29, 0.717) is 0 Å². The van der Waals surface area contributed by atoms with Crippen molar-refractivity contribution in [1.82, 2.24) is 10.2 Å². The van der Waals surface area contributed by atoms with E-state index >= 15 is 0 Å². The maximum absolute atomic E-state index is 12.6. The Morgan fingerprint density at radius 2 is 1.74 bits per heavy atom. The topological polar surface area (TPSA) is 99.1 Å². The third-order valence-electron chi connectivity index (χ3n) is 2.96. The van der Waals surface area contributed by atoms with E-state index in [9.17, 15) is 8.42 Å².